The van der Waals surface area contributed by atoms with Gasteiger partial charge in [0.25, 0.3) is 0 Å². The summed E-state index contributed by atoms with van der Waals surface area (Å²) in [7, 11) is 3.87. The Hall–Kier alpha value is -2.57. The fraction of sp³-hybridized carbons (Fsp3) is 0.318. The number of thiazole rings is 1. The molecule has 0 saturated carbocycles. The summed E-state index contributed by atoms with van der Waals surface area (Å²) in [5.74, 6) is 0. The van der Waals surface area contributed by atoms with Crippen molar-refractivity contribution in [2.75, 3.05) is 32.2 Å². The zero-order valence-electron chi connectivity index (χ0n) is 16.5. The molecule has 0 unspecified atom stereocenters. The van der Waals surface area contributed by atoms with Gasteiger partial charge in [0, 0.05) is 45.3 Å². The van der Waals surface area contributed by atoms with E-state index in [4.69, 9.17) is 14.7 Å². The van der Waals surface area contributed by atoms with Crippen LogP contribution < -0.4 is 4.90 Å². The Morgan fingerprint density at radius 2 is 2.14 bits per heavy atom. The second-order valence-electron chi connectivity index (χ2n) is 6.92. The summed E-state index contributed by atoms with van der Waals surface area (Å²) in [5.41, 5.74) is 6.61. The first-order valence-electron chi connectivity index (χ1n) is 9.46. The first-order valence-corrected chi connectivity index (χ1v) is 10.3. The van der Waals surface area contributed by atoms with E-state index in [-0.39, 0.29) is 0 Å². The lowest BCUT2D eigenvalue weighted by Crippen LogP contribution is -2.25. The topological polar surface area (TPSA) is 51.1 Å². The number of ether oxygens (including phenoxy) is 1. The number of aromatic nitrogens is 3. The number of fused-ring (bicyclic) bond motifs is 1. The highest BCUT2D eigenvalue weighted by molar-refractivity contribution is 7.18. The van der Waals surface area contributed by atoms with Gasteiger partial charge in [-0.15, -0.1) is 11.3 Å². The van der Waals surface area contributed by atoms with Crippen LogP contribution in [0.1, 0.15) is 24.2 Å². The van der Waals surface area contributed by atoms with Crippen molar-refractivity contribution < 1.29 is 4.74 Å². The van der Waals surface area contributed by atoms with Crippen LogP contribution in [0.3, 0.4) is 0 Å². The van der Waals surface area contributed by atoms with Crippen LogP contribution >= 0.6 is 11.3 Å². The van der Waals surface area contributed by atoms with E-state index in [0.717, 1.165) is 58.5 Å². The Balaban J connectivity index is 1.73. The van der Waals surface area contributed by atoms with Crippen molar-refractivity contribution >= 4 is 22.6 Å². The maximum atomic E-state index is 5.21. The lowest BCUT2D eigenvalue weighted by atomic mass is 9.99. The molecule has 0 N–H and O–H groups in total. The maximum Gasteiger partial charge on any atom is 0.125 e. The monoisotopic (exact) mass is 392 g/mol. The van der Waals surface area contributed by atoms with Crippen molar-refractivity contribution in [2.24, 2.45) is 0 Å². The summed E-state index contributed by atoms with van der Waals surface area (Å²) in [6.07, 6.45) is 7.82. The molecule has 5 nitrogen and oxygen atoms in total. The minimum absolute atomic E-state index is 0.733. The molecule has 1 aliphatic rings. The highest BCUT2D eigenvalue weighted by atomic mass is 32.1. The molecule has 0 fully saturated rings. The molecule has 144 valence electrons. The second-order valence-corrected chi connectivity index (χ2v) is 7.92. The van der Waals surface area contributed by atoms with Gasteiger partial charge in [-0.1, -0.05) is 6.08 Å². The number of pyridine rings is 2. The van der Waals surface area contributed by atoms with Crippen molar-refractivity contribution in [1.29, 1.82) is 0 Å². The van der Waals surface area contributed by atoms with Crippen LogP contribution in [0.4, 0.5) is 5.69 Å². The second kappa shape index (κ2) is 8.20. The molecule has 0 bridgehead atoms. The molecular formula is C22H24N4OS. The molecule has 0 aromatic carbocycles. The predicted octanol–water partition coefficient (Wildman–Crippen LogP) is 4.84. The van der Waals surface area contributed by atoms with Gasteiger partial charge in [-0.3, -0.25) is 4.98 Å². The molecule has 0 radical (unpaired) electrons. The van der Waals surface area contributed by atoms with E-state index in [1.807, 2.05) is 25.3 Å². The molecule has 0 amide bonds. The number of hydrogen-bond acceptors (Lipinski definition) is 6. The molecule has 1 aliphatic heterocycles. The summed E-state index contributed by atoms with van der Waals surface area (Å²) in [5, 5.41) is 0.980. The number of methoxy groups -OCH3 is 1. The maximum absolute atomic E-state index is 5.21. The SMILES string of the molecule is COCCC=C1CCN(C)c2ccc(-c3sc(-c4cccnc4)nc3C)nc21. The molecular weight excluding hydrogens is 368 g/mol. The summed E-state index contributed by atoms with van der Waals surface area (Å²) >= 11 is 1.67. The van der Waals surface area contributed by atoms with E-state index < -0.39 is 0 Å². The van der Waals surface area contributed by atoms with Gasteiger partial charge in [-0.2, -0.15) is 0 Å². The Labute approximate surface area is 169 Å². The normalized spacial score (nSPS) is 15.1. The molecule has 28 heavy (non-hydrogen) atoms. The van der Waals surface area contributed by atoms with Gasteiger partial charge in [0.05, 0.1) is 27.6 Å². The van der Waals surface area contributed by atoms with E-state index in [1.165, 1.54) is 11.3 Å². The molecule has 0 atom stereocenters. The molecule has 3 aromatic rings. The third-order valence-electron chi connectivity index (χ3n) is 4.96. The van der Waals surface area contributed by atoms with Gasteiger partial charge in [0.1, 0.15) is 5.01 Å². The average molecular weight is 393 g/mol. The van der Waals surface area contributed by atoms with Gasteiger partial charge in [-0.05, 0) is 49.6 Å². The van der Waals surface area contributed by atoms with Crippen LogP contribution in [-0.2, 0) is 4.74 Å². The van der Waals surface area contributed by atoms with E-state index in [1.54, 1.807) is 24.6 Å². The number of rotatable bonds is 5. The van der Waals surface area contributed by atoms with Crippen molar-refractivity contribution in [3.8, 4) is 21.1 Å². The zero-order valence-corrected chi connectivity index (χ0v) is 17.3. The van der Waals surface area contributed by atoms with Crippen LogP contribution in [-0.4, -0.2) is 42.3 Å². The van der Waals surface area contributed by atoms with Crippen molar-refractivity contribution in [3.05, 3.63) is 54.1 Å². The average Bonchev–Trinajstić information content (AvgIpc) is 3.12. The van der Waals surface area contributed by atoms with Crippen molar-refractivity contribution in [2.45, 2.75) is 19.8 Å². The van der Waals surface area contributed by atoms with Crippen molar-refractivity contribution in [3.63, 3.8) is 0 Å². The number of aryl methyl sites for hydroxylation is 1. The Kier molecular flexibility index (Phi) is 5.50. The van der Waals surface area contributed by atoms with Crippen LogP contribution in [0.5, 0.6) is 0 Å². The standard InChI is InChI=1S/C22H24N4OS/c1-15-21(28-22(24-15)17-6-4-11-23-14-17)18-8-9-19-20(25-18)16(7-5-13-27-3)10-12-26(19)2/h4,6-9,11,14H,5,10,12-13H2,1-3H3. The number of nitrogens with zero attached hydrogens (tertiary/aromatic N) is 4. The van der Waals surface area contributed by atoms with Crippen molar-refractivity contribution in [1.82, 2.24) is 15.0 Å². The quantitative estimate of drug-likeness (QED) is 0.582. The molecule has 6 heteroatoms. The smallest absolute Gasteiger partial charge is 0.125 e. The fourth-order valence-electron chi connectivity index (χ4n) is 3.45. The van der Waals surface area contributed by atoms with E-state index in [0.29, 0.717) is 0 Å². The lowest BCUT2D eigenvalue weighted by molar-refractivity contribution is 0.204. The Morgan fingerprint density at radius 1 is 1.25 bits per heavy atom. The zero-order chi connectivity index (χ0) is 19.5. The minimum Gasteiger partial charge on any atom is -0.384 e. The lowest BCUT2D eigenvalue weighted by Gasteiger charge is -2.29. The van der Waals surface area contributed by atoms with Crippen LogP contribution in [0.15, 0.2) is 42.7 Å². The van der Waals surface area contributed by atoms with Gasteiger partial charge >= 0.3 is 0 Å². The summed E-state index contributed by atoms with van der Waals surface area (Å²) in [4.78, 5) is 17.4. The van der Waals surface area contributed by atoms with E-state index in [2.05, 4.69) is 35.1 Å². The predicted molar refractivity (Wildman–Crippen MR) is 116 cm³/mol. The number of hydrogen-bond donors (Lipinski definition) is 0. The highest BCUT2D eigenvalue weighted by Gasteiger charge is 2.21. The van der Waals surface area contributed by atoms with E-state index >= 15 is 0 Å². The van der Waals surface area contributed by atoms with Gasteiger partial charge in [0.15, 0.2) is 0 Å². The molecule has 4 rings (SSSR count). The van der Waals surface area contributed by atoms with Gasteiger partial charge < -0.3 is 9.64 Å². The Bertz CT molecular complexity index is 997. The summed E-state index contributed by atoms with van der Waals surface area (Å²) in [6.45, 7) is 3.79. The molecule has 4 heterocycles. The molecule has 0 saturated heterocycles. The van der Waals surface area contributed by atoms with Crippen LogP contribution in [0.2, 0.25) is 0 Å². The fourth-order valence-corrected chi connectivity index (χ4v) is 4.47. The number of anilines is 1. The Morgan fingerprint density at radius 3 is 2.93 bits per heavy atom. The first kappa shape index (κ1) is 18.8. The molecule has 3 aromatic heterocycles. The first-order chi connectivity index (χ1) is 13.7. The third-order valence-corrected chi connectivity index (χ3v) is 6.19. The molecule has 0 spiro atoms. The summed E-state index contributed by atoms with van der Waals surface area (Å²) in [6, 6.07) is 8.28. The summed E-state index contributed by atoms with van der Waals surface area (Å²) < 4.78 is 5.21. The largest absolute Gasteiger partial charge is 0.384 e. The minimum atomic E-state index is 0.733. The van der Waals surface area contributed by atoms with Gasteiger partial charge in [-0.25, -0.2) is 9.97 Å². The molecule has 0 aliphatic carbocycles. The van der Waals surface area contributed by atoms with Crippen LogP contribution in [0, 0.1) is 6.92 Å². The van der Waals surface area contributed by atoms with Crippen LogP contribution in [0.25, 0.3) is 26.7 Å². The highest BCUT2D eigenvalue weighted by Crippen LogP contribution is 2.38. The third kappa shape index (κ3) is 3.70. The van der Waals surface area contributed by atoms with Gasteiger partial charge in [0.2, 0.25) is 0 Å². The van der Waals surface area contributed by atoms with E-state index in [9.17, 15) is 0 Å².